The number of hydrogen-bond donors (Lipinski definition) is 2. The molecule has 2 N–H and O–H groups in total. The molecule has 0 saturated carbocycles. The molecule has 4 aromatic rings. The van der Waals surface area contributed by atoms with Crippen LogP contribution in [0.2, 0.25) is 0 Å². The van der Waals surface area contributed by atoms with Crippen LogP contribution < -0.4 is 24.4 Å². The minimum absolute atomic E-state index is 0.0259. The molecule has 0 aromatic heterocycles. The van der Waals surface area contributed by atoms with Gasteiger partial charge >= 0.3 is 0 Å². The molecule has 1 atom stereocenters. The van der Waals surface area contributed by atoms with Crippen molar-refractivity contribution in [1.82, 2.24) is 5.32 Å². The van der Waals surface area contributed by atoms with Crippen LogP contribution in [0, 0.1) is 6.92 Å². The number of benzene rings is 4. The van der Waals surface area contributed by atoms with Gasteiger partial charge in [-0.2, -0.15) is 0 Å². The number of rotatable bonds is 10. The predicted molar refractivity (Wildman–Crippen MR) is 160 cm³/mol. The Kier molecular flexibility index (Phi) is 8.73. The van der Waals surface area contributed by atoms with Gasteiger partial charge in [-0.3, -0.25) is 14.3 Å². The van der Waals surface area contributed by atoms with Crippen LogP contribution in [0.5, 0.6) is 11.5 Å². The van der Waals surface area contributed by atoms with Gasteiger partial charge in [0.15, 0.2) is 12.7 Å². The van der Waals surface area contributed by atoms with E-state index in [1.54, 1.807) is 36.4 Å². The molecule has 1 heterocycles. The largest absolute Gasteiger partial charge is 0.484 e. The number of sulfonamides is 1. The number of nitrogens with one attached hydrogen (secondary N) is 2. The highest BCUT2D eigenvalue weighted by molar-refractivity contribution is 7.92. The van der Waals surface area contributed by atoms with E-state index in [2.05, 4.69) is 10.0 Å². The van der Waals surface area contributed by atoms with Crippen molar-refractivity contribution in [2.45, 2.75) is 24.3 Å². The van der Waals surface area contributed by atoms with E-state index < -0.39 is 16.1 Å². The second-order valence-corrected chi connectivity index (χ2v) is 11.5. The number of hydrogen-bond acceptors (Lipinski definition) is 6. The fraction of sp³-hybridized carbons (Fsp3) is 0.188. The Morgan fingerprint density at radius 3 is 2.36 bits per heavy atom. The van der Waals surface area contributed by atoms with Crippen LogP contribution in [0.4, 0.5) is 11.4 Å². The molecule has 9 nitrogen and oxygen atoms in total. The molecule has 1 aliphatic heterocycles. The third-order valence-corrected chi connectivity index (χ3v) is 8.19. The molecule has 5 rings (SSSR count). The zero-order chi connectivity index (χ0) is 29.5. The van der Waals surface area contributed by atoms with Crippen LogP contribution in [-0.2, 0) is 26.0 Å². The van der Waals surface area contributed by atoms with Crippen molar-refractivity contribution in [3.63, 3.8) is 0 Å². The highest BCUT2D eigenvalue weighted by atomic mass is 32.2. The van der Waals surface area contributed by atoms with Crippen LogP contribution in [0.3, 0.4) is 0 Å². The topological polar surface area (TPSA) is 114 Å². The minimum atomic E-state index is -3.80. The van der Waals surface area contributed by atoms with E-state index >= 15 is 0 Å². The number of aryl methyl sites for hydroxylation is 1. The fourth-order valence-electron chi connectivity index (χ4n) is 4.52. The molecular weight excluding hydrogens is 554 g/mol. The molecule has 0 spiro atoms. The predicted octanol–water partition coefficient (Wildman–Crippen LogP) is 4.33. The Bertz CT molecular complexity index is 1660. The number of carbonyl (C=O) groups excluding carboxylic acids is 2. The molecular formula is C32H31N3O6S. The molecule has 0 saturated heterocycles. The third-order valence-electron chi connectivity index (χ3n) is 6.81. The van der Waals surface area contributed by atoms with Gasteiger partial charge in [-0.1, -0.05) is 60.7 Å². The first-order valence-corrected chi connectivity index (χ1v) is 15.0. The van der Waals surface area contributed by atoms with Crippen molar-refractivity contribution in [1.29, 1.82) is 0 Å². The maximum atomic E-state index is 13.3. The summed E-state index contributed by atoms with van der Waals surface area (Å²) in [4.78, 5) is 27.7. The summed E-state index contributed by atoms with van der Waals surface area (Å²) in [5.41, 5.74) is 2.95. The SMILES string of the molecule is Cc1ccccc1NS(=O)(=O)c1ccc(OCC(=O)N2C[C@@H](C(=O)NCCc3ccccc3)Oc3ccccc32)cc1. The normalized spacial score (nSPS) is 14.3. The number of ether oxygens (including phenoxy) is 2. The molecule has 10 heteroatoms. The molecule has 0 aliphatic carbocycles. The van der Waals surface area contributed by atoms with E-state index in [0.717, 1.165) is 11.1 Å². The molecule has 216 valence electrons. The van der Waals surface area contributed by atoms with Crippen LogP contribution in [0.1, 0.15) is 11.1 Å². The van der Waals surface area contributed by atoms with Crippen molar-refractivity contribution in [2.75, 3.05) is 29.3 Å². The number of anilines is 2. The van der Waals surface area contributed by atoms with E-state index in [4.69, 9.17) is 9.47 Å². The quantitative estimate of drug-likeness (QED) is 0.287. The van der Waals surface area contributed by atoms with Crippen molar-refractivity contribution >= 4 is 33.2 Å². The minimum Gasteiger partial charge on any atom is -0.484 e. The monoisotopic (exact) mass is 585 g/mol. The van der Waals surface area contributed by atoms with Gasteiger partial charge in [-0.15, -0.1) is 0 Å². The fourth-order valence-corrected chi connectivity index (χ4v) is 5.66. The van der Waals surface area contributed by atoms with Crippen molar-refractivity contribution < 1.29 is 27.5 Å². The van der Waals surface area contributed by atoms with Crippen molar-refractivity contribution in [2.24, 2.45) is 0 Å². The number of para-hydroxylation sites is 3. The number of fused-ring (bicyclic) bond motifs is 1. The summed E-state index contributed by atoms with van der Waals surface area (Å²) in [6, 6.07) is 29.8. The summed E-state index contributed by atoms with van der Waals surface area (Å²) in [6.07, 6.45) is -0.209. The van der Waals surface area contributed by atoms with E-state index in [0.29, 0.717) is 35.8 Å². The molecule has 1 aliphatic rings. The van der Waals surface area contributed by atoms with Crippen molar-refractivity contribution in [3.8, 4) is 11.5 Å². The Morgan fingerprint density at radius 1 is 0.905 bits per heavy atom. The van der Waals surface area contributed by atoms with E-state index in [-0.39, 0.29) is 29.9 Å². The number of amides is 2. The lowest BCUT2D eigenvalue weighted by Crippen LogP contribution is -2.52. The smallest absolute Gasteiger partial charge is 0.265 e. The lowest BCUT2D eigenvalue weighted by Gasteiger charge is -2.34. The maximum Gasteiger partial charge on any atom is 0.265 e. The zero-order valence-corrected chi connectivity index (χ0v) is 23.8. The van der Waals surface area contributed by atoms with Crippen LogP contribution >= 0.6 is 0 Å². The zero-order valence-electron chi connectivity index (χ0n) is 23.0. The Morgan fingerprint density at radius 2 is 1.60 bits per heavy atom. The number of nitrogens with zero attached hydrogens (tertiary/aromatic N) is 1. The van der Waals surface area contributed by atoms with Gasteiger partial charge < -0.3 is 19.7 Å². The van der Waals surface area contributed by atoms with Gasteiger partial charge in [-0.25, -0.2) is 8.42 Å². The molecule has 42 heavy (non-hydrogen) atoms. The Labute approximate surface area is 245 Å². The summed E-state index contributed by atoms with van der Waals surface area (Å²) >= 11 is 0. The molecule has 2 amide bonds. The summed E-state index contributed by atoms with van der Waals surface area (Å²) in [5, 5.41) is 2.90. The van der Waals surface area contributed by atoms with Gasteiger partial charge in [0.1, 0.15) is 11.5 Å². The summed E-state index contributed by atoms with van der Waals surface area (Å²) < 4.78 is 39.9. The summed E-state index contributed by atoms with van der Waals surface area (Å²) in [7, 11) is -3.80. The van der Waals surface area contributed by atoms with E-state index in [1.807, 2.05) is 49.4 Å². The first-order chi connectivity index (χ1) is 20.3. The highest BCUT2D eigenvalue weighted by Crippen LogP contribution is 2.33. The van der Waals surface area contributed by atoms with Gasteiger partial charge in [0.25, 0.3) is 21.8 Å². The lowest BCUT2D eigenvalue weighted by atomic mass is 10.1. The molecule has 0 radical (unpaired) electrons. The summed E-state index contributed by atoms with van der Waals surface area (Å²) in [6.45, 7) is 1.97. The molecule has 0 unspecified atom stereocenters. The second kappa shape index (κ2) is 12.8. The molecule has 4 aromatic carbocycles. The van der Waals surface area contributed by atoms with E-state index in [9.17, 15) is 18.0 Å². The lowest BCUT2D eigenvalue weighted by molar-refractivity contribution is -0.128. The van der Waals surface area contributed by atoms with Crippen LogP contribution in [-0.4, -0.2) is 46.0 Å². The first-order valence-electron chi connectivity index (χ1n) is 13.5. The Hall–Kier alpha value is -4.83. The van der Waals surface area contributed by atoms with Crippen LogP contribution in [0.25, 0.3) is 0 Å². The average Bonchev–Trinajstić information content (AvgIpc) is 3.01. The molecule has 0 fully saturated rings. The van der Waals surface area contributed by atoms with Crippen molar-refractivity contribution in [3.05, 3.63) is 114 Å². The average molecular weight is 586 g/mol. The first kappa shape index (κ1) is 28.7. The third kappa shape index (κ3) is 6.90. The van der Waals surface area contributed by atoms with Crippen LogP contribution in [0.15, 0.2) is 108 Å². The maximum absolute atomic E-state index is 13.3. The highest BCUT2D eigenvalue weighted by Gasteiger charge is 2.33. The van der Waals surface area contributed by atoms with Gasteiger partial charge in [0.2, 0.25) is 0 Å². The number of carbonyl (C=O) groups is 2. The Balaban J connectivity index is 1.20. The van der Waals surface area contributed by atoms with Gasteiger partial charge in [0.05, 0.1) is 22.8 Å². The summed E-state index contributed by atoms with van der Waals surface area (Å²) in [5.74, 6) is 0.0759. The van der Waals surface area contributed by atoms with Gasteiger partial charge in [-0.05, 0) is 66.9 Å². The van der Waals surface area contributed by atoms with E-state index in [1.165, 1.54) is 29.2 Å². The molecule has 0 bridgehead atoms. The standard InChI is InChI=1S/C32H31N3O6S/c1-23-9-5-6-12-27(23)34-42(38,39)26-17-15-25(16-18-26)40-22-31(36)35-21-30(41-29-14-8-7-13-28(29)35)32(37)33-20-19-24-10-3-2-4-11-24/h2-18,30,34H,19-22H2,1H3,(H,33,37)/t30-/m0/s1. The van der Waals surface area contributed by atoms with Gasteiger partial charge in [0, 0.05) is 6.54 Å². The second-order valence-electron chi connectivity index (χ2n) is 9.79.